The van der Waals surface area contributed by atoms with Gasteiger partial charge in [-0.1, -0.05) is 18.2 Å². The lowest BCUT2D eigenvalue weighted by atomic mass is 10.2. The Bertz CT molecular complexity index is 885. The van der Waals surface area contributed by atoms with Crippen LogP contribution in [-0.4, -0.2) is 17.5 Å². The normalized spacial score (nSPS) is 11.8. The van der Waals surface area contributed by atoms with E-state index in [0.29, 0.717) is 15.4 Å². The number of nitrogens with zero attached hydrogens (tertiary/aromatic N) is 1. The molecular formula is C14H10BrNO3S. The fourth-order valence-electron chi connectivity index (χ4n) is 2.05. The highest BCUT2D eigenvalue weighted by Crippen LogP contribution is 2.31. The van der Waals surface area contributed by atoms with Crippen LogP contribution in [0.2, 0.25) is 0 Å². The van der Waals surface area contributed by atoms with Crippen LogP contribution < -0.4 is 0 Å². The topological polar surface area (TPSA) is 59.3 Å². The van der Waals surface area contributed by atoms with Crippen molar-refractivity contribution in [3.05, 3.63) is 59.2 Å². The fourth-order valence-corrected chi connectivity index (χ4v) is 4.10. The molecular weight excluding hydrogens is 342 g/mol. The number of fused-ring (bicyclic) bond motifs is 1. The Kier molecular flexibility index (Phi) is 3.07. The second-order valence-electron chi connectivity index (χ2n) is 4.29. The van der Waals surface area contributed by atoms with Gasteiger partial charge in [0.1, 0.15) is 5.75 Å². The lowest BCUT2D eigenvalue weighted by Crippen LogP contribution is -2.11. The zero-order valence-corrected chi connectivity index (χ0v) is 12.6. The molecule has 0 aliphatic heterocycles. The average Bonchev–Trinajstić information content (AvgIpc) is 2.77. The fraction of sp³-hybridized carbons (Fsp3) is 0. The Morgan fingerprint density at radius 1 is 1.05 bits per heavy atom. The van der Waals surface area contributed by atoms with Gasteiger partial charge in [0.25, 0.3) is 10.0 Å². The smallest absolute Gasteiger partial charge is 0.268 e. The third kappa shape index (κ3) is 2.01. The highest BCUT2D eigenvalue weighted by atomic mass is 79.9. The molecule has 0 aliphatic carbocycles. The van der Waals surface area contributed by atoms with E-state index < -0.39 is 10.0 Å². The van der Waals surface area contributed by atoms with Crippen LogP contribution in [0.15, 0.2) is 64.1 Å². The maximum Gasteiger partial charge on any atom is 0.268 e. The number of phenols is 1. The van der Waals surface area contributed by atoms with Crippen LogP contribution in [0.5, 0.6) is 5.75 Å². The van der Waals surface area contributed by atoms with Gasteiger partial charge in [-0.3, -0.25) is 0 Å². The Balaban J connectivity index is 2.31. The number of hydrogen-bond donors (Lipinski definition) is 1. The van der Waals surface area contributed by atoms with Gasteiger partial charge in [0.05, 0.1) is 10.4 Å². The minimum Gasteiger partial charge on any atom is -0.508 e. The molecule has 0 bridgehead atoms. The van der Waals surface area contributed by atoms with Crippen LogP contribution in [0.1, 0.15) is 0 Å². The highest BCUT2D eigenvalue weighted by molar-refractivity contribution is 9.10. The van der Waals surface area contributed by atoms with Gasteiger partial charge in [-0.15, -0.1) is 0 Å². The lowest BCUT2D eigenvalue weighted by Gasteiger charge is -2.07. The van der Waals surface area contributed by atoms with Gasteiger partial charge in [-0.2, -0.15) is 0 Å². The molecule has 0 saturated carbocycles. The van der Waals surface area contributed by atoms with Crippen LogP contribution in [0.25, 0.3) is 10.9 Å². The summed E-state index contributed by atoms with van der Waals surface area (Å²) < 4.78 is 27.1. The summed E-state index contributed by atoms with van der Waals surface area (Å²) >= 11 is 3.32. The number of aromatic nitrogens is 1. The number of halogens is 1. The molecule has 0 radical (unpaired) electrons. The summed E-state index contributed by atoms with van der Waals surface area (Å²) in [7, 11) is -3.65. The van der Waals surface area contributed by atoms with Crippen LogP contribution >= 0.6 is 15.9 Å². The van der Waals surface area contributed by atoms with Gasteiger partial charge in [0, 0.05) is 16.1 Å². The molecule has 1 N–H and O–H groups in total. The zero-order chi connectivity index (χ0) is 14.3. The summed E-state index contributed by atoms with van der Waals surface area (Å²) in [6.45, 7) is 0. The second-order valence-corrected chi connectivity index (χ2v) is 6.96. The van der Waals surface area contributed by atoms with Crippen molar-refractivity contribution in [2.45, 2.75) is 4.90 Å². The van der Waals surface area contributed by atoms with Crippen molar-refractivity contribution in [3.8, 4) is 5.75 Å². The predicted molar refractivity (Wildman–Crippen MR) is 80.3 cm³/mol. The van der Waals surface area contributed by atoms with E-state index in [1.54, 1.807) is 36.4 Å². The van der Waals surface area contributed by atoms with Crippen molar-refractivity contribution >= 4 is 36.9 Å². The van der Waals surface area contributed by atoms with Gasteiger partial charge in [-0.05, 0) is 46.3 Å². The van der Waals surface area contributed by atoms with Crippen molar-refractivity contribution in [1.29, 1.82) is 0 Å². The van der Waals surface area contributed by atoms with E-state index in [1.807, 2.05) is 0 Å². The Morgan fingerprint density at radius 2 is 1.75 bits per heavy atom. The largest absolute Gasteiger partial charge is 0.508 e. The lowest BCUT2D eigenvalue weighted by molar-refractivity contribution is 0.476. The molecule has 0 unspecified atom stereocenters. The van der Waals surface area contributed by atoms with Crippen molar-refractivity contribution in [2.75, 3.05) is 0 Å². The molecule has 3 rings (SSSR count). The number of aromatic hydroxyl groups is 1. The molecule has 0 amide bonds. The summed E-state index contributed by atoms with van der Waals surface area (Å²) in [5, 5.41) is 10.1. The monoisotopic (exact) mass is 351 g/mol. The quantitative estimate of drug-likeness (QED) is 0.770. The number of hydrogen-bond acceptors (Lipinski definition) is 3. The molecule has 1 aromatic heterocycles. The first-order chi connectivity index (χ1) is 9.50. The molecule has 6 heteroatoms. The van der Waals surface area contributed by atoms with E-state index in [1.165, 1.54) is 22.3 Å². The summed E-state index contributed by atoms with van der Waals surface area (Å²) in [5.41, 5.74) is 0.513. The first-order valence-corrected chi connectivity index (χ1v) is 8.03. The summed E-state index contributed by atoms with van der Waals surface area (Å²) in [5.74, 6) is 0.0908. The molecule has 0 spiro atoms. The zero-order valence-electron chi connectivity index (χ0n) is 10.2. The van der Waals surface area contributed by atoms with Crippen LogP contribution in [0, 0.1) is 0 Å². The van der Waals surface area contributed by atoms with Gasteiger partial charge < -0.3 is 5.11 Å². The summed E-state index contributed by atoms with van der Waals surface area (Å²) in [4.78, 5) is 0.220. The first kappa shape index (κ1) is 13.2. The summed E-state index contributed by atoms with van der Waals surface area (Å²) in [6, 6.07) is 12.8. The molecule has 0 atom stereocenters. The standard InChI is InChI=1S/C14H10BrNO3S/c15-13-9-16(14-7-6-10(17)8-12(13)14)20(18,19)11-4-2-1-3-5-11/h1-9,17H. The minimum absolute atomic E-state index is 0.0908. The Morgan fingerprint density at radius 3 is 2.45 bits per heavy atom. The SMILES string of the molecule is O=S(=O)(c1ccccc1)n1cc(Br)c2cc(O)ccc21. The average molecular weight is 352 g/mol. The number of rotatable bonds is 2. The van der Waals surface area contributed by atoms with Crippen molar-refractivity contribution < 1.29 is 13.5 Å². The molecule has 3 aromatic rings. The Labute approximate surface area is 124 Å². The maximum absolute atomic E-state index is 12.6. The van der Waals surface area contributed by atoms with Crippen molar-refractivity contribution in [3.63, 3.8) is 0 Å². The molecule has 1 heterocycles. The van der Waals surface area contributed by atoms with Gasteiger partial charge in [-0.25, -0.2) is 12.4 Å². The number of benzene rings is 2. The minimum atomic E-state index is -3.65. The van der Waals surface area contributed by atoms with E-state index in [9.17, 15) is 13.5 Å². The van der Waals surface area contributed by atoms with E-state index >= 15 is 0 Å². The Hall–Kier alpha value is -1.79. The van der Waals surface area contributed by atoms with E-state index in [2.05, 4.69) is 15.9 Å². The van der Waals surface area contributed by atoms with Gasteiger partial charge in [0.2, 0.25) is 0 Å². The second kappa shape index (κ2) is 4.64. The molecule has 0 aliphatic rings. The van der Waals surface area contributed by atoms with Crippen LogP contribution in [0.4, 0.5) is 0 Å². The molecule has 102 valence electrons. The first-order valence-electron chi connectivity index (χ1n) is 5.80. The third-order valence-corrected chi connectivity index (χ3v) is 5.33. The molecule has 0 saturated heterocycles. The van der Waals surface area contributed by atoms with E-state index in [0.717, 1.165) is 0 Å². The third-order valence-electron chi connectivity index (χ3n) is 3.01. The maximum atomic E-state index is 12.6. The molecule has 0 fully saturated rings. The summed E-state index contributed by atoms with van der Waals surface area (Å²) in [6.07, 6.45) is 1.49. The molecule has 2 aromatic carbocycles. The van der Waals surface area contributed by atoms with E-state index in [-0.39, 0.29) is 10.6 Å². The molecule has 4 nitrogen and oxygen atoms in total. The van der Waals surface area contributed by atoms with Crippen molar-refractivity contribution in [2.24, 2.45) is 0 Å². The number of phenolic OH excluding ortho intramolecular Hbond substituents is 1. The van der Waals surface area contributed by atoms with Gasteiger partial charge in [0.15, 0.2) is 0 Å². The highest BCUT2D eigenvalue weighted by Gasteiger charge is 2.20. The van der Waals surface area contributed by atoms with Crippen molar-refractivity contribution in [1.82, 2.24) is 3.97 Å². The van der Waals surface area contributed by atoms with Crippen LogP contribution in [0.3, 0.4) is 0 Å². The molecule has 20 heavy (non-hydrogen) atoms. The van der Waals surface area contributed by atoms with Gasteiger partial charge >= 0.3 is 0 Å². The van der Waals surface area contributed by atoms with E-state index in [4.69, 9.17) is 0 Å². The predicted octanol–water partition coefficient (Wildman–Crippen LogP) is 3.35. The van der Waals surface area contributed by atoms with Crippen LogP contribution in [-0.2, 0) is 10.0 Å².